The number of aryl methyl sites for hydroxylation is 1. The maximum atomic E-state index is 12.4. The number of nitrogens with one attached hydrogen (secondary N) is 1. The fourth-order valence-corrected chi connectivity index (χ4v) is 3.51. The molecule has 0 aliphatic carbocycles. The van der Waals surface area contributed by atoms with Gasteiger partial charge in [-0.25, -0.2) is 4.98 Å². The summed E-state index contributed by atoms with van der Waals surface area (Å²) in [5.41, 5.74) is 2.15. The van der Waals surface area contributed by atoms with Crippen molar-refractivity contribution in [2.24, 2.45) is 7.05 Å². The number of carbonyl (C=O) groups excluding carboxylic acids is 1. The van der Waals surface area contributed by atoms with E-state index in [1.807, 2.05) is 32.2 Å². The Morgan fingerprint density at radius 3 is 2.62 bits per heavy atom. The number of imidazole rings is 1. The van der Waals surface area contributed by atoms with E-state index in [-0.39, 0.29) is 11.9 Å². The summed E-state index contributed by atoms with van der Waals surface area (Å²) in [6, 6.07) is 8.09. The van der Waals surface area contributed by atoms with Crippen LogP contribution < -0.4 is 5.32 Å². The van der Waals surface area contributed by atoms with Crippen LogP contribution in [0.5, 0.6) is 0 Å². The molecule has 0 unspecified atom stereocenters. The molecule has 5 heteroatoms. The summed E-state index contributed by atoms with van der Waals surface area (Å²) in [6.07, 6.45) is 5.74. The molecular formula is C19H28N4O. The van der Waals surface area contributed by atoms with Crippen molar-refractivity contribution < 1.29 is 4.79 Å². The normalized spacial score (nSPS) is 17.6. The van der Waals surface area contributed by atoms with Crippen molar-refractivity contribution in [1.29, 1.82) is 0 Å². The molecule has 1 aromatic heterocycles. The van der Waals surface area contributed by atoms with Crippen LogP contribution in [0.1, 0.15) is 38.4 Å². The van der Waals surface area contributed by atoms with Gasteiger partial charge in [-0.05, 0) is 45.0 Å². The van der Waals surface area contributed by atoms with E-state index in [1.54, 1.807) is 0 Å². The van der Waals surface area contributed by atoms with E-state index < -0.39 is 0 Å². The molecule has 0 spiro atoms. The number of fused-ring (bicyclic) bond motifs is 1. The van der Waals surface area contributed by atoms with Gasteiger partial charge in [0.1, 0.15) is 5.82 Å². The van der Waals surface area contributed by atoms with E-state index >= 15 is 0 Å². The van der Waals surface area contributed by atoms with Crippen LogP contribution in [0.25, 0.3) is 11.0 Å². The first-order valence-corrected chi connectivity index (χ1v) is 9.09. The first-order valence-electron chi connectivity index (χ1n) is 9.09. The van der Waals surface area contributed by atoms with Crippen LogP contribution in [-0.2, 0) is 18.3 Å². The number of benzene rings is 1. The highest BCUT2D eigenvalue weighted by molar-refractivity contribution is 5.81. The minimum absolute atomic E-state index is 0.0384. The van der Waals surface area contributed by atoms with Crippen LogP contribution in [0, 0.1) is 0 Å². The number of hydrogen-bond donors (Lipinski definition) is 1. The molecule has 24 heavy (non-hydrogen) atoms. The lowest BCUT2D eigenvalue weighted by Gasteiger charge is -2.26. The molecule has 0 radical (unpaired) electrons. The number of rotatable bonds is 5. The lowest BCUT2D eigenvalue weighted by molar-refractivity contribution is -0.125. The number of para-hydroxylation sites is 2. The zero-order valence-corrected chi connectivity index (χ0v) is 14.8. The van der Waals surface area contributed by atoms with Gasteiger partial charge in [0.25, 0.3) is 0 Å². The molecule has 130 valence electrons. The van der Waals surface area contributed by atoms with Crippen molar-refractivity contribution in [2.45, 2.75) is 45.1 Å². The largest absolute Gasteiger partial charge is 0.354 e. The minimum atomic E-state index is -0.0384. The fourth-order valence-electron chi connectivity index (χ4n) is 3.51. The molecule has 1 N–H and O–H groups in total. The fraction of sp³-hybridized carbons (Fsp3) is 0.579. The average Bonchev–Trinajstić information content (AvgIpc) is 2.79. The second-order valence-electron chi connectivity index (χ2n) is 6.74. The lowest BCUT2D eigenvalue weighted by Crippen LogP contribution is -2.46. The van der Waals surface area contributed by atoms with Gasteiger partial charge in [-0.3, -0.25) is 9.69 Å². The molecule has 2 heterocycles. The number of aromatic nitrogens is 2. The van der Waals surface area contributed by atoms with Crippen molar-refractivity contribution >= 4 is 16.9 Å². The molecule has 1 fully saturated rings. The van der Waals surface area contributed by atoms with E-state index in [0.717, 1.165) is 36.4 Å². The summed E-state index contributed by atoms with van der Waals surface area (Å²) in [4.78, 5) is 19.4. The third kappa shape index (κ3) is 3.78. The van der Waals surface area contributed by atoms with Gasteiger partial charge in [0.05, 0.1) is 17.1 Å². The van der Waals surface area contributed by atoms with E-state index in [1.165, 1.54) is 25.7 Å². The van der Waals surface area contributed by atoms with Crippen LogP contribution in [0.4, 0.5) is 0 Å². The summed E-state index contributed by atoms with van der Waals surface area (Å²) < 4.78 is 2.11. The Hall–Kier alpha value is -1.88. The van der Waals surface area contributed by atoms with Crippen molar-refractivity contribution in [3.05, 3.63) is 30.1 Å². The van der Waals surface area contributed by atoms with Crippen molar-refractivity contribution in [3.63, 3.8) is 0 Å². The summed E-state index contributed by atoms with van der Waals surface area (Å²) in [7, 11) is 2.03. The zero-order valence-electron chi connectivity index (χ0n) is 14.8. The predicted molar refractivity (Wildman–Crippen MR) is 96.9 cm³/mol. The van der Waals surface area contributed by atoms with E-state index in [9.17, 15) is 4.79 Å². The Balaban J connectivity index is 1.53. The molecule has 3 rings (SSSR count). The highest BCUT2D eigenvalue weighted by Gasteiger charge is 2.21. The molecule has 2 aromatic rings. The molecule has 1 saturated heterocycles. The quantitative estimate of drug-likeness (QED) is 0.917. The van der Waals surface area contributed by atoms with Crippen LogP contribution in [0.15, 0.2) is 24.3 Å². The molecule has 5 nitrogen and oxygen atoms in total. The molecule has 1 aromatic carbocycles. The highest BCUT2D eigenvalue weighted by Crippen LogP contribution is 2.15. The Kier molecular flexibility index (Phi) is 5.51. The Morgan fingerprint density at radius 2 is 1.92 bits per heavy atom. The van der Waals surface area contributed by atoms with Gasteiger partial charge in [0.15, 0.2) is 0 Å². The first-order chi connectivity index (χ1) is 11.7. The first kappa shape index (κ1) is 17.0. The Bertz CT molecular complexity index is 686. The van der Waals surface area contributed by atoms with Gasteiger partial charge in [-0.1, -0.05) is 25.0 Å². The third-order valence-corrected chi connectivity index (χ3v) is 5.10. The van der Waals surface area contributed by atoms with Gasteiger partial charge in [0, 0.05) is 20.0 Å². The monoisotopic (exact) mass is 328 g/mol. The number of likely N-dealkylation sites (tertiary alicyclic amines) is 1. The summed E-state index contributed by atoms with van der Waals surface area (Å²) >= 11 is 0. The second-order valence-corrected chi connectivity index (χ2v) is 6.74. The summed E-state index contributed by atoms with van der Waals surface area (Å²) in [5, 5.41) is 3.09. The maximum absolute atomic E-state index is 12.4. The Morgan fingerprint density at radius 1 is 1.21 bits per heavy atom. The van der Waals surface area contributed by atoms with Crippen LogP contribution in [-0.4, -0.2) is 46.0 Å². The van der Waals surface area contributed by atoms with Gasteiger partial charge < -0.3 is 9.88 Å². The van der Waals surface area contributed by atoms with Gasteiger partial charge in [-0.2, -0.15) is 0 Å². The molecular weight excluding hydrogens is 300 g/mol. The number of nitrogens with zero attached hydrogens (tertiary/aromatic N) is 3. The predicted octanol–water partition coefficient (Wildman–Crippen LogP) is 2.50. The molecule has 1 aliphatic rings. The Labute approximate surface area is 144 Å². The van der Waals surface area contributed by atoms with Crippen molar-refractivity contribution in [1.82, 2.24) is 19.8 Å². The van der Waals surface area contributed by atoms with Crippen LogP contribution in [0.3, 0.4) is 0 Å². The highest BCUT2D eigenvalue weighted by atomic mass is 16.2. The topological polar surface area (TPSA) is 50.2 Å². The van der Waals surface area contributed by atoms with Crippen molar-refractivity contribution in [2.75, 3.05) is 19.6 Å². The molecule has 0 saturated carbocycles. The average molecular weight is 328 g/mol. The van der Waals surface area contributed by atoms with Crippen LogP contribution >= 0.6 is 0 Å². The molecule has 1 amide bonds. The number of carbonyl (C=O) groups is 1. The molecule has 1 atom stereocenters. The summed E-state index contributed by atoms with van der Waals surface area (Å²) in [5.74, 6) is 1.15. The van der Waals surface area contributed by atoms with Crippen LogP contribution in [0.2, 0.25) is 0 Å². The van der Waals surface area contributed by atoms with Gasteiger partial charge >= 0.3 is 0 Å². The third-order valence-electron chi connectivity index (χ3n) is 5.10. The molecule has 1 aliphatic heterocycles. The van der Waals surface area contributed by atoms with E-state index in [4.69, 9.17) is 0 Å². The molecule has 0 bridgehead atoms. The number of amides is 1. The zero-order chi connectivity index (χ0) is 16.9. The van der Waals surface area contributed by atoms with E-state index in [2.05, 4.69) is 25.8 Å². The van der Waals surface area contributed by atoms with E-state index in [0.29, 0.717) is 6.54 Å². The smallest absolute Gasteiger partial charge is 0.237 e. The van der Waals surface area contributed by atoms with Gasteiger partial charge in [-0.15, -0.1) is 0 Å². The standard InChI is InChI=1S/C19H28N4O/c1-15(23-13-7-3-4-8-14-23)19(24)20-12-11-18-21-16-9-5-6-10-17(16)22(18)2/h5-6,9-10,15H,3-4,7-8,11-14H2,1-2H3,(H,20,24)/t15-/m0/s1. The van der Waals surface area contributed by atoms with Crippen molar-refractivity contribution in [3.8, 4) is 0 Å². The lowest BCUT2D eigenvalue weighted by atomic mass is 10.2. The SMILES string of the molecule is C[C@@H](C(=O)NCCc1nc2ccccc2n1C)N1CCCCCC1. The van der Waals surface area contributed by atoms with Gasteiger partial charge in [0.2, 0.25) is 5.91 Å². The second kappa shape index (κ2) is 7.79. The number of hydrogen-bond acceptors (Lipinski definition) is 3. The maximum Gasteiger partial charge on any atom is 0.237 e. The minimum Gasteiger partial charge on any atom is -0.354 e. The summed E-state index contributed by atoms with van der Waals surface area (Å²) in [6.45, 7) is 4.74.